The monoisotopic (exact) mass is 432 g/mol. The minimum atomic E-state index is -3.36. The fourth-order valence-corrected chi connectivity index (χ4v) is 4.30. The van der Waals surface area contributed by atoms with E-state index < -0.39 is 15.9 Å². The molecular weight excluding hydrogens is 412 g/mol. The highest BCUT2D eigenvalue weighted by atomic mass is 35.5. The topological polar surface area (TPSA) is 93.1 Å². The van der Waals surface area contributed by atoms with Gasteiger partial charge in [-0.05, 0) is 49.7 Å². The van der Waals surface area contributed by atoms with Gasteiger partial charge in [-0.1, -0.05) is 36.7 Å². The highest BCUT2D eigenvalue weighted by Gasteiger charge is 2.21. The summed E-state index contributed by atoms with van der Waals surface area (Å²) in [5.41, 5.74) is 2.48. The van der Waals surface area contributed by atoms with E-state index in [0.717, 1.165) is 5.69 Å². The van der Waals surface area contributed by atoms with Crippen LogP contribution in [0.15, 0.2) is 54.6 Å². The van der Waals surface area contributed by atoms with Gasteiger partial charge in [-0.2, -0.15) is 5.10 Å². The average Bonchev–Trinajstić information content (AvgIpc) is 2.98. The molecule has 0 saturated carbocycles. The molecule has 2 aromatic carbocycles. The summed E-state index contributed by atoms with van der Waals surface area (Å²) in [4.78, 5) is 12.7. The molecule has 0 radical (unpaired) electrons. The number of amides is 1. The van der Waals surface area contributed by atoms with Gasteiger partial charge in [0, 0.05) is 11.4 Å². The first kappa shape index (κ1) is 20.9. The van der Waals surface area contributed by atoms with Crippen LogP contribution in [0.5, 0.6) is 0 Å². The molecule has 0 saturated heterocycles. The lowest BCUT2D eigenvalue weighted by Gasteiger charge is -2.09. The predicted molar refractivity (Wildman–Crippen MR) is 115 cm³/mol. The maximum atomic E-state index is 12.7. The summed E-state index contributed by atoms with van der Waals surface area (Å²) >= 11 is 6.42. The molecule has 1 amide bonds. The third-order valence-corrected chi connectivity index (χ3v) is 5.96. The van der Waals surface area contributed by atoms with Crippen molar-refractivity contribution in [2.75, 3.05) is 15.8 Å². The van der Waals surface area contributed by atoms with Gasteiger partial charge in [0.2, 0.25) is 10.0 Å². The summed E-state index contributed by atoms with van der Waals surface area (Å²) in [6.07, 6.45) is 0.528. The number of benzene rings is 2. The second-order valence-corrected chi connectivity index (χ2v) is 8.65. The highest BCUT2D eigenvalue weighted by molar-refractivity contribution is 7.92. The van der Waals surface area contributed by atoms with E-state index in [4.69, 9.17) is 11.6 Å². The SMILES string of the molecule is CCCS(=O)(=O)Nc1ccc(NC(=O)c2c(C)nn(-c3ccccc3)c2Cl)cc1. The van der Waals surface area contributed by atoms with Crippen molar-refractivity contribution in [2.24, 2.45) is 0 Å². The second kappa shape index (κ2) is 8.67. The number of hydrogen-bond donors (Lipinski definition) is 2. The van der Waals surface area contributed by atoms with Crippen molar-refractivity contribution in [3.8, 4) is 5.69 Å². The van der Waals surface area contributed by atoms with Gasteiger partial charge in [-0.15, -0.1) is 0 Å². The van der Waals surface area contributed by atoms with Crippen molar-refractivity contribution in [3.05, 3.63) is 71.0 Å². The van der Waals surface area contributed by atoms with Crippen LogP contribution >= 0.6 is 11.6 Å². The zero-order valence-corrected chi connectivity index (χ0v) is 17.6. The Morgan fingerprint density at radius 2 is 1.69 bits per heavy atom. The van der Waals surface area contributed by atoms with Crippen LogP contribution in [0.25, 0.3) is 5.69 Å². The average molecular weight is 433 g/mol. The molecular formula is C20H21ClN4O3S. The fraction of sp³-hybridized carbons (Fsp3) is 0.200. The van der Waals surface area contributed by atoms with Crippen LogP contribution in [0.2, 0.25) is 5.15 Å². The number of aromatic nitrogens is 2. The lowest BCUT2D eigenvalue weighted by atomic mass is 10.2. The standard InChI is InChI=1S/C20H21ClN4O3S/c1-3-13-29(27,28)24-16-11-9-15(10-12-16)22-20(26)18-14(2)23-25(19(18)21)17-7-5-4-6-8-17/h4-12,24H,3,13H2,1-2H3,(H,22,26). The van der Waals surface area contributed by atoms with Gasteiger partial charge in [0.15, 0.2) is 0 Å². The van der Waals surface area contributed by atoms with Crippen LogP contribution in [-0.2, 0) is 10.0 Å². The molecule has 0 atom stereocenters. The smallest absolute Gasteiger partial charge is 0.260 e. The first-order valence-corrected chi connectivity index (χ1v) is 11.1. The van der Waals surface area contributed by atoms with E-state index in [1.807, 2.05) is 30.3 Å². The number of hydrogen-bond acceptors (Lipinski definition) is 4. The number of carbonyl (C=O) groups excluding carboxylic acids is 1. The number of rotatable bonds is 7. The number of nitrogens with one attached hydrogen (secondary N) is 2. The number of nitrogens with zero attached hydrogens (tertiary/aromatic N) is 2. The number of carbonyl (C=O) groups is 1. The molecule has 2 N–H and O–H groups in total. The predicted octanol–water partition coefficient (Wildman–Crippen LogP) is 4.24. The molecule has 3 aromatic rings. The lowest BCUT2D eigenvalue weighted by Crippen LogP contribution is -2.16. The number of para-hydroxylation sites is 1. The van der Waals surface area contributed by atoms with Crippen molar-refractivity contribution in [2.45, 2.75) is 20.3 Å². The largest absolute Gasteiger partial charge is 0.322 e. The van der Waals surface area contributed by atoms with Crippen molar-refractivity contribution in [1.82, 2.24) is 9.78 Å². The molecule has 152 valence electrons. The molecule has 0 aliphatic carbocycles. The molecule has 0 spiro atoms. The van der Waals surface area contributed by atoms with Crippen LogP contribution < -0.4 is 10.0 Å². The molecule has 0 aliphatic heterocycles. The molecule has 9 heteroatoms. The second-order valence-electron chi connectivity index (χ2n) is 6.45. The van der Waals surface area contributed by atoms with E-state index >= 15 is 0 Å². The van der Waals surface area contributed by atoms with Gasteiger partial charge in [-0.25, -0.2) is 13.1 Å². The molecule has 1 heterocycles. The normalized spacial score (nSPS) is 11.3. The zero-order valence-electron chi connectivity index (χ0n) is 16.0. The number of aryl methyl sites for hydroxylation is 1. The summed E-state index contributed by atoms with van der Waals surface area (Å²) in [5, 5.41) is 7.35. The van der Waals surface area contributed by atoms with E-state index in [0.29, 0.717) is 23.5 Å². The Bertz CT molecular complexity index is 1110. The molecule has 0 unspecified atom stereocenters. The molecule has 1 aromatic heterocycles. The van der Waals surface area contributed by atoms with Gasteiger partial charge >= 0.3 is 0 Å². The van der Waals surface area contributed by atoms with Crippen molar-refractivity contribution < 1.29 is 13.2 Å². The maximum Gasteiger partial charge on any atom is 0.260 e. The quantitative estimate of drug-likeness (QED) is 0.584. The molecule has 0 fully saturated rings. The molecule has 29 heavy (non-hydrogen) atoms. The Morgan fingerprint density at radius 3 is 2.31 bits per heavy atom. The van der Waals surface area contributed by atoms with Gasteiger partial charge < -0.3 is 5.32 Å². The van der Waals surface area contributed by atoms with Gasteiger partial charge in [-0.3, -0.25) is 9.52 Å². The first-order chi connectivity index (χ1) is 13.8. The lowest BCUT2D eigenvalue weighted by molar-refractivity contribution is 0.102. The first-order valence-electron chi connectivity index (χ1n) is 9.03. The minimum absolute atomic E-state index is 0.0503. The number of anilines is 2. The van der Waals surface area contributed by atoms with E-state index in [9.17, 15) is 13.2 Å². The third kappa shape index (κ3) is 4.96. The van der Waals surface area contributed by atoms with Crippen molar-refractivity contribution in [3.63, 3.8) is 0 Å². The number of halogens is 1. The van der Waals surface area contributed by atoms with E-state index in [-0.39, 0.29) is 16.5 Å². The van der Waals surface area contributed by atoms with E-state index in [1.165, 1.54) is 4.68 Å². The third-order valence-electron chi connectivity index (χ3n) is 4.12. The summed E-state index contributed by atoms with van der Waals surface area (Å²) < 4.78 is 27.7. The summed E-state index contributed by atoms with van der Waals surface area (Å²) in [7, 11) is -3.36. The van der Waals surface area contributed by atoms with E-state index in [2.05, 4.69) is 15.1 Å². The van der Waals surface area contributed by atoms with Crippen LogP contribution in [0.3, 0.4) is 0 Å². The molecule has 7 nitrogen and oxygen atoms in total. The van der Waals surface area contributed by atoms with Gasteiger partial charge in [0.25, 0.3) is 5.91 Å². The van der Waals surface area contributed by atoms with Gasteiger partial charge in [0.1, 0.15) is 10.7 Å². The zero-order chi connectivity index (χ0) is 21.0. The van der Waals surface area contributed by atoms with E-state index in [1.54, 1.807) is 38.1 Å². The van der Waals surface area contributed by atoms with Gasteiger partial charge in [0.05, 0.1) is 17.1 Å². The summed E-state index contributed by atoms with van der Waals surface area (Å²) in [6, 6.07) is 15.7. The Kier molecular flexibility index (Phi) is 6.24. The Labute approximate surface area is 174 Å². The Balaban J connectivity index is 1.77. The highest BCUT2D eigenvalue weighted by Crippen LogP contribution is 2.25. The summed E-state index contributed by atoms with van der Waals surface area (Å²) in [5.74, 6) is -0.344. The van der Waals surface area contributed by atoms with Crippen molar-refractivity contribution >= 4 is 38.9 Å². The molecule has 0 aliphatic rings. The molecule has 3 rings (SSSR count). The maximum absolute atomic E-state index is 12.7. The van der Waals surface area contributed by atoms with Crippen molar-refractivity contribution in [1.29, 1.82) is 0 Å². The van der Waals surface area contributed by atoms with Crippen LogP contribution in [-0.4, -0.2) is 29.9 Å². The number of sulfonamides is 1. The van der Waals surface area contributed by atoms with Crippen LogP contribution in [0.4, 0.5) is 11.4 Å². The fourth-order valence-electron chi connectivity index (χ4n) is 2.81. The summed E-state index contributed by atoms with van der Waals surface area (Å²) in [6.45, 7) is 3.51. The Hall–Kier alpha value is -2.84. The Morgan fingerprint density at radius 1 is 1.07 bits per heavy atom. The minimum Gasteiger partial charge on any atom is -0.322 e. The molecule has 0 bridgehead atoms. The van der Waals surface area contributed by atoms with Crippen LogP contribution in [0.1, 0.15) is 29.4 Å². The van der Waals surface area contributed by atoms with Crippen LogP contribution in [0, 0.1) is 6.92 Å².